The number of rotatable bonds is 5. The molecule has 86 valence electrons. The fourth-order valence-corrected chi connectivity index (χ4v) is 1.87. The second-order valence-electron chi connectivity index (χ2n) is 4.75. The van der Waals surface area contributed by atoms with Crippen LogP contribution in [0.2, 0.25) is 0 Å². The lowest BCUT2D eigenvalue weighted by atomic mass is 10.1. The monoisotopic (exact) mass is 209 g/mol. The van der Waals surface area contributed by atoms with E-state index in [0.717, 1.165) is 25.6 Å². The van der Waals surface area contributed by atoms with Crippen molar-refractivity contribution in [1.29, 1.82) is 0 Å². The maximum Gasteiger partial charge on any atom is 0.227 e. The third kappa shape index (κ3) is 5.15. The van der Waals surface area contributed by atoms with Crippen molar-refractivity contribution in [2.45, 2.75) is 20.3 Å². The summed E-state index contributed by atoms with van der Waals surface area (Å²) in [5.74, 6) is 0.810. The molecule has 0 aromatic carbocycles. The molecule has 3 nitrogen and oxygen atoms in total. The van der Waals surface area contributed by atoms with E-state index in [1.54, 1.807) is 0 Å². The van der Waals surface area contributed by atoms with Gasteiger partial charge in [-0.25, -0.2) is 6.57 Å². The molecule has 0 aromatic heterocycles. The molecule has 0 aromatic rings. The molecular weight excluding hydrogens is 186 g/mol. The summed E-state index contributed by atoms with van der Waals surface area (Å²) in [5.41, 5.74) is 0. The summed E-state index contributed by atoms with van der Waals surface area (Å²) in [6.45, 7) is 18.9. The third-order valence-corrected chi connectivity index (χ3v) is 3.02. The van der Waals surface area contributed by atoms with E-state index in [9.17, 15) is 0 Å². The van der Waals surface area contributed by atoms with E-state index in [-0.39, 0.29) is 0 Å². The molecule has 15 heavy (non-hydrogen) atoms. The van der Waals surface area contributed by atoms with E-state index >= 15 is 0 Å². The van der Waals surface area contributed by atoms with Gasteiger partial charge in [0.25, 0.3) is 0 Å². The predicted molar refractivity (Wildman–Crippen MR) is 63.8 cm³/mol. The molecule has 1 aliphatic rings. The summed E-state index contributed by atoms with van der Waals surface area (Å²) in [6.07, 6.45) is 1.31. The Balaban J connectivity index is 2.10. The molecule has 1 saturated heterocycles. The van der Waals surface area contributed by atoms with Gasteiger partial charge in [0.15, 0.2) is 0 Å². The Morgan fingerprint density at radius 2 is 1.60 bits per heavy atom. The zero-order valence-electron chi connectivity index (χ0n) is 10.1. The highest BCUT2D eigenvalue weighted by atomic mass is 15.3. The van der Waals surface area contributed by atoms with Crippen LogP contribution >= 0.6 is 0 Å². The predicted octanol–water partition coefficient (Wildman–Crippen LogP) is 1.57. The second-order valence-corrected chi connectivity index (χ2v) is 4.75. The van der Waals surface area contributed by atoms with Gasteiger partial charge in [0.2, 0.25) is 6.54 Å². The quantitative estimate of drug-likeness (QED) is 0.637. The normalized spacial score (nSPS) is 19.3. The summed E-state index contributed by atoms with van der Waals surface area (Å²) in [7, 11) is 0. The molecule has 0 unspecified atom stereocenters. The first-order valence-electron chi connectivity index (χ1n) is 6.00. The Labute approximate surface area is 93.9 Å². The van der Waals surface area contributed by atoms with Crippen LogP contribution in [0.25, 0.3) is 4.85 Å². The minimum Gasteiger partial charge on any atom is -0.316 e. The number of hydrogen-bond donors (Lipinski definition) is 0. The molecule has 1 heterocycles. The molecule has 1 aliphatic heterocycles. The highest BCUT2D eigenvalue weighted by molar-refractivity contribution is 4.74. The summed E-state index contributed by atoms with van der Waals surface area (Å²) in [6, 6.07) is 0. The van der Waals surface area contributed by atoms with E-state index in [4.69, 9.17) is 6.57 Å². The molecule has 0 aliphatic carbocycles. The molecule has 0 spiro atoms. The second kappa shape index (κ2) is 6.81. The van der Waals surface area contributed by atoms with Gasteiger partial charge in [0.1, 0.15) is 0 Å². The van der Waals surface area contributed by atoms with Gasteiger partial charge in [-0.1, -0.05) is 13.8 Å². The number of nitrogens with zero attached hydrogens (tertiary/aromatic N) is 3. The Morgan fingerprint density at radius 3 is 2.07 bits per heavy atom. The fraction of sp³-hybridized carbons (Fsp3) is 0.917. The van der Waals surface area contributed by atoms with E-state index in [0.29, 0.717) is 6.54 Å². The lowest BCUT2D eigenvalue weighted by Crippen LogP contribution is -2.47. The van der Waals surface area contributed by atoms with Crippen LogP contribution in [-0.2, 0) is 0 Å². The largest absolute Gasteiger partial charge is 0.316 e. The molecule has 1 fully saturated rings. The molecule has 0 saturated carbocycles. The summed E-state index contributed by atoms with van der Waals surface area (Å²) >= 11 is 0. The fourth-order valence-electron chi connectivity index (χ4n) is 1.87. The van der Waals surface area contributed by atoms with Crippen molar-refractivity contribution >= 4 is 0 Å². The van der Waals surface area contributed by atoms with Gasteiger partial charge in [-0.2, -0.15) is 0 Å². The molecule has 0 radical (unpaired) electrons. The van der Waals surface area contributed by atoms with Crippen LogP contribution in [0, 0.1) is 12.5 Å². The van der Waals surface area contributed by atoms with Gasteiger partial charge in [0.05, 0.1) is 6.54 Å². The minimum atomic E-state index is 0.659. The van der Waals surface area contributed by atoms with Crippen LogP contribution in [0.15, 0.2) is 0 Å². The van der Waals surface area contributed by atoms with Crippen LogP contribution in [0.1, 0.15) is 20.3 Å². The topological polar surface area (TPSA) is 10.8 Å². The molecule has 1 rings (SSSR count). The average molecular weight is 209 g/mol. The van der Waals surface area contributed by atoms with Crippen LogP contribution in [0.3, 0.4) is 0 Å². The van der Waals surface area contributed by atoms with Crippen molar-refractivity contribution in [1.82, 2.24) is 9.80 Å². The first kappa shape index (κ1) is 12.5. The lowest BCUT2D eigenvalue weighted by Gasteiger charge is -2.34. The Morgan fingerprint density at radius 1 is 1.07 bits per heavy atom. The molecule has 3 heteroatoms. The first-order valence-corrected chi connectivity index (χ1v) is 6.00. The van der Waals surface area contributed by atoms with E-state index < -0.39 is 0 Å². The van der Waals surface area contributed by atoms with Gasteiger partial charge in [-0.05, 0) is 18.9 Å². The van der Waals surface area contributed by atoms with Gasteiger partial charge < -0.3 is 9.74 Å². The minimum absolute atomic E-state index is 0.659. The Kier molecular flexibility index (Phi) is 5.67. The maximum atomic E-state index is 6.76. The van der Waals surface area contributed by atoms with Crippen molar-refractivity contribution in [3.05, 3.63) is 11.4 Å². The summed E-state index contributed by atoms with van der Waals surface area (Å²) in [4.78, 5) is 8.36. The molecule has 0 amide bonds. The smallest absolute Gasteiger partial charge is 0.227 e. The Bertz CT molecular complexity index is 199. The van der Waals surface area contributed by atoms with Crippen LogP contribution in [-0.4, -0.2) is 55.6 Å². The van der Waals surface area contributed by atoms with Crippen LogP contribution < -0.4 is 0 Å². The van der Waals surface area contributed by atoms with Gasteiger partial charge in [-0.15, -0.1) is 0 Å². The van der Waals surface area contributed by atoms with Crippen molar-refractivity contribution in [3.63, 3.8) is 0 Å². The zero-order chi connectivity index (χ0) is 11.1. The highest BCUT2D eigenvalue weighted by Gasteiger charge is 2.16. The van der Waals surface area contributed by atoms with Crippen molar-refractivity contribution in [3.8, 4) is 0 Å². The van der Waals surface area contributed by atoms with Crippen LogP contribution in [0.4, 0.5) is 0 Å². The molecule has 0 N–H and O–H groups in total. The van der Waals surface area contributed by atoms with Crippen molar-refractivity contribution in [2.24, 2.45) is 5.92 Å². The van der Waals surface area contributed by atoms with Gasteiger partial charge >= 0.3 is 0 Å². The van der Waals surface area contributed by atoms with E-state index in [2.05, 4.69) is 28.5 Å². The van der Waals surface area contributed by atoms with E-state index in [1.165, 1.54) is 26.1 Å². The molecule has 0 atom stereocenters. The number of hydrogen-bond acceptors (Lipinski definition) is 2. The first-order chi connectivity index (χ1) is 7.22. The van der Waals surface area contributed by atoms with Gasteiger partial charge in [-0.3, -0.25) is 4.90 Å². The third-order valence-electron chi connectivity index (χ3n) is 3.02. The standard InChI is InChI=1S/C12H23N3/c1-12(2)4-6-14-8-10-15(11-9-14)7-5-13-3/h12H,4-11H2,1-2H3. The average Bonchev–Trinajstić information content (AvgIpc) is 2.25. The maximum absolute atomic E-state index is 6.76. The number of piperazine rings is 1. The van der Waals surface area contributed by atoms with Crippen molar-refractivity contribution < 1.29 is 0 Å². The van der Waals surface area contributed by atoms with Crippen molar-refractivity contribution in [2.75, 3.05) is 45.8 Å². The SMILES string of the molecule is [C-]#[N+]CCN1CCN(CCC(C)C)CC1. The lowest BCUT2D eigenvalue weighted by molar-refractivity contribution is 0.132. The van der Waals surface area contributed by atoms with Crippen LogP contribution in [0.5, 0.6) is 0 Å². The highest BCUT2D eigenvalue weighted by Crippen LogP contribution is 2.06. The molecule has 0 bridgehead atoms. The zero-order valence-corrected chi connectivity index (χ0v) is 10.1. The Hall–Kier alpha value is -0.590. The summed E-state index contributed by atoms with van der Waals surface area (Å²) < 4.78 is 0. The summed E-state index contributed by atoms with van der Waals surface area (Å²) in [5, 5.41) is 0. The van der Waals surface area contributed by atoms with Gasteiger partial charge in [0, 0.05) is 26.2 Å². The molecular formula is C12H23N3. The van der Waals surface area contributed by atoms with E-state index in [1.807, 2.05) is 0 Å².